The number of hydrogen-bond donors (Lipinski definition) is 4. The van der Waals surface area contributed by atoms with Crippen LogP contribution in [-0.4, -0.2) is 120 Å². The number of anilines is 2. The molecule has 0 atom stereocenters. The van der Waals surface area contributed by atoms with E-state index in [0.717, 1.165) is 78.7 Å². The molecule has 3 aromatic carbocycles. The molecule has 1 amide bonds. The summed E-state index contributed by atoms with van der Waals surface area (Å²) in [6.07, 6.45) is 6.59. The van der Waals surface area contributed by atoms with Gasteiger partial charge in [0.25, 0.3) is 0 Å². The smallest absolute Gasteiger partial charge is 0.325 e. The van der Waals surface area contributed by atoms with Gasteiger partial charge in [-0.3, -0.25) is 19.0 Å². The molecule has 0 spiro atoms. The molecule has 8 rings (SSSR count). The van der Waals surface area contributed by atoms with E-state index >= 15 is 0 Å². The molecule has 5 heterocycles. The van der Waals surface area contributed by atoms with Crippen LogP contribution in [0.3, 0.4) is 0 Å². The fraction of sp³-hybridized carbons (Fsp3) is 0.350. The highest BCUT2D eigenvalue weighted by atomic mass is 79.9. The van der Waals surface area contributed by atoms with Crippen LogP contribution in [-0.2, 0) is 22.7 Å². The minimum absolute atomic E-state index is 0.0590. The lowest BCUT2D eigenvalue weighted by Gasteiger charge is -2.36. The summed E-state index contributed by atoms with van der Waals surface area (Å²) in [4.78, 5) is 28.3. The van der Waals surface area contributed by atoms with E-state index in [-0.39, 0.29) is 30.6 Å². The van der Waals surface area contributed by atoms with Gasteiger partial charge in [0.15, 0.2) is 0 Å². The second kappa shape index (κ2) is 26.1. The van der Waals surface area contributed by atoms with Crippen molar-refractivity contribution in [3.8, 4) is 0 Å². The van der Waals surface area contributed by atoms with E-state index in [9.17, 15) is 27.2 Å². The van der Waals surface area contributed by atoms with Gasteiger partial charge in [0.05, 0.1) is 0 Å². The monoisotopic (exact) mass is 1030 g/mol. The summed E-state index contributed by atoms with van der Waals surface area (Å²) < 4.78 is 55.8. The molecule has 0 aliphatic carbocycles. The van der Waals surface area contributed by atoms with Crippen molar-refractivity contribution < 1.29 is 32.3 Å². The zero-order chi connectivity index (χ0) is 43.3. The van der Waals surface area contributed by atoms with Crippen molar-refractivity contribution in [2.45, 2.75) is 13.1 Å². The minimum Gasteiger partial charge on any atom is -0.480 e. The van der Waals surface area contributed by atoms with Gasteiger partial charge in [-0.2, -0.15) is 10.2 Å². The summed E-state index contributed by atoms with van der Waals surface area (Å²) in [7, 11) is 0. The molecular formula is C40H47Br3F4N10O3. The predicted molar refractivity (Wildman–Crippen MR) is 234 cm³/mol. The van der Waals surface area contributed by atoms with Gasteiger partial charge in [0.2, 0.25) is 5.91 Å². The summed E-state index contributed by atoms with van der Waals surface area (Å²) in [5.41, 5.74) is 1.80. The zero-order valence-corrected chi connectivity index (χ0v) is 37.4. The van der Waals surface area contributed by atoms with Gasteiger partial charge in [0, 0.05) is 134 Å². The van der Waals surface area contributed by atoms with Crippen molar-refractivity contribution in [1.29, 1.82) is 0 Å². The summed E-state index contributed by atoms with van der Waals surface area (Å²) in [6, 6.07) is 16.6. The number of benzene rings is 3. The average molecular weight is 1030 g/mol. The molecular weight excluding hydrogens is 984 g/mol. The Morgan fingerprint density at radius 3 is 1.33 bits per heavy atom. The number of carbonyl (C=O) groups is 2. The third-order valence-electron chi connectivity index (χ3n) is 8.67. The number of nitrogens with zero attached hydrogens (tertiary/aromatic N) is 7. The van der Waals surface area contributed by atoms with Crippen LogP contribution in [0.4, 0.5) is 28.9 Å². The maximum atomic E-state index is 13.5. The van der Waals surface area contributed by atoms with E-state index < -0.39 is 17.6 Å². The maximum Gasteiger partial charge on any atom is 0.325 e. The Morgan fingerprint density at radius 2 is 0.950 bits per heavy atom. The molecule has 5 aromatic rings. The number of amides is 1. The maximum absolute atomic E-state index is 13.5. The fourth-order valence-corrected chi connectivity index (χ4v) is 7.21. The van der Waals surface area contributed by atoms with Crippen molar-refractivity contribution in [3.05, 3.63) is 128 Å². The van der Waals surface area contributed by atoms with Crippen molar-refractivity contribution in [2.24, 2.45) is 0 Å². The number of aromatic nitrogens is 4. The van der Waals surface area contributed by atoms with Gasteiger partial charge in [-0.05, 0) is 60.7 Å². The molecule has 0 radical (unpaired) electrons. The van der Waals surface area contributed by atoms with Crippen molar-refractivity contribution in [2.75, 3.05) is 88.3 Å². The minimum atomic E-state index is -0.876. The van der Waals surface area contributed by atoms with Crippen molar-refractivity contribution >= 4 is 71.0 Å². The Morgan fingerprint density at radius 1 is 0.550 bits per heavy atom. The van der Waals surface area contributed by atoms with Gasteiger partial charge >= 0.3 is 5.97 Å². The number of rotatable bonds is 6. The molecule has 0 bridgehead atoms. The Kier molecular flexibility index (Phi) is 21.0. The quantitative estimate of drug-likeness (QED) is 0.150. The van der Waals surface area contributed by atoms with Gasteiger partial charge in [-0.15, -0.1) is 0 Å². The second-order valence-electron chi connectivity index (χ2n) is 13.2. The Hall–Kier alpha value is -4.34. The topological polar surface area (TPSA) is 136 Å². The van der Waals surface area contributed by atoms with Crippen LogP contribution in [0.15, 0.2) is 105 Å². The molecule has 3 aliphatic rings. The van der Waals surface area contributed by atoms with Crippen LogP contribution < -0.4 is 25.8 Å². The molecule has 3 aliphatic heterocycles. The fourth-order valence-electron chi connectivity index (χ4n) is 5.87. The molecule has 3 fully saturated rings. The average Bonchev–Trinajstić information content (AvgIpc) is 3.94. The highest BCUT2D eigenvalue weighted by Gasteiger charge is 2.22. The van der Waals surface area contributed by atoms with Crippen LogP contribution in [0.1, 0.15) is 0 Å². The standard InChI is InChI=1S/C15H16BrFN4O.C10H12BrFN2.C6H3BrF2.C5H6N2O2.C4H10N2/c16-12-8-13(17)10-14(9-12)19-4-6-20(7-5-19)15(22)11-21-3-1-2-18-21;11-8-5-9(12)7-10(6-8)14-3-1-13-2-4-14;7-4-1-5(8)3-6(9)2-4;8-5(9)4-7-3-1-2-6-7;1-2-6-4-3-5-1/h1-3,8-10H,4-7,11H2;5-7,13H,1-4H2;1-3H;1-3H,4H2,(H,8,9);5-6H,1-4H2. The molecule has 4 N–H and O–H groups in total. The Balaban J connectivity index is 0.000000179. The van der Waals surface area contributed by atoms with Crippen molar-refractivity contribution in [3.63, 3.8) is 0 Å². The molecule has 3 saturated heterocycles. The van der Waals surface area contributed by atoms with Crippen molar-refractivity contribution in [1.82, 2.24) is 40.4 Å². The van der Waals surface area contributed by atoms with E-state index in [4.69, 9.17) is 5.11 Å². The third kappa shape index (κ3) is 18.5. The van der Waals surface area contributed by atoms with E-state index in [2.05, 4.69) is 83.7 Å². The highest BCUT2D eigenvalue weighted by Crippen LogP contribution is 2.24. The SMILES string of the molecule is C1CNCCN1.Fc1cc(Br)cc(N2CCNCC2)c1.Fc1cc(F)cc(Br)c1.O=C(Cn1cccn1)N1CCN(c2cc(F)cc(Br)c2)CC1.O=C(O)Cn1cccn1. The molecule has 2 aromatic heterocycles. The summed E-state index contributed by atoms with van der Waals surface area (Å²) in [5.74, 6) is -2.40. The Bertz CT molecular complexity index is 1930. The lowest BCUT2D eigenvalue weighted by atomic mass is 10.2. The van der Waals surface area contributed by atoms with Gasteiger partial charge in [0.1, 0.15) is 36.4 Å². The largest absolute Gasteiger partial charge is 0.480 e. The first kappa shape index (κ1) is 48.3. The van der Waals surface area contributed by atoms with Crippen LogP contribution in [0.5, 0.6) is 0 Å². The first-order valence-corrected chi connectivity index (χ1v) is 21.3. The Labute approximate surface area is 371 Å². The van der Waals surface area contributed by atoms with Gasteiger partial charge < -0.3 is 35.8 Å². The molecule has 0 unspecified atom stereocenters. The first-order valence-electron chi connectivity index (χ1n) is 18.9. The lowest BCUT2D eigenvalue weighted by Crippen LogP contribution is -2.49. The highest BCUT2D eigenvalue weighted by molar-refractivity contribution is 9.11. The number of carbonyl (C=O) groups excluding carboxylic acids is 1. The first-order chi connectivity index (χ1) is 28.8. The third-order valence-corrected chi connectivity index (χ3v) is 10.0. The number of carboxylic acids is 1. The molecule has 324 valence electrons. The van der Waals surface area contributed by atoms with E-state index in [1.54, 1.807) is 47.7 Å². The summed E-state index contributed by atoms with van der Waals surface area (Å²) >= 11 is 9.54. The lowest BCUT2D eigenvalue weighted by molar-refractivity contribution is -0.138. The second-order valence-corrected chi connectivity index (χ2v) is 16.0. The number of hydrogen-bond acceptors (Lipinski definition) is 9. The van der Waals surface area contributed by atoms with Gasteiger partial charge in [-0.25, -0.2) is 17.6 Å². The van der Waals surface area contributed by atoms with Crippen LogP contribution >= 0.6 is 47.8 Å². The summed E-state index contributed by atoms with van der Waals surface area (Å²) in [5, 5.41) is 25.7. The zero-order valence-electron chi connectivity index (χ0n) is 32.6. The van der Waals surface area contributed by atoms with E-state index in [1.807, 2.05) is 17.0 Å². The predicted octanol–water partition coefficient (Wildman–Crippen LogP) is 6.01. The van der Waals surface area contributed by atoms with Crippen LogP contribution in [0.2, 0.25) is 0 Å². The number of halogens is 7. The van der Waals surface area contributed by atoms with Crippen LogP contribution in [0.25, 0.3) is 0 Å². The molecule has 13 nitrogen and oxygen atoms in total. The number of nitrogens with one attached hydrogen (secondary N) is 3. The van der Waals surface area contributed by atoms with E-state index in [0.29, 0.717) is 30.7 Å². The number of piperazine rings is 3. The summed E-state index contributed by atoms with van der Waals surface area (Å²) in [6.45, 7) is 11.2. The van der Waals surface area contributed by atoms with Crippen LogP contribution in [0, 0.1) is 23.3 Å². The normalized spacial score (nSPS) is 14.8. The molecule has 20 heteroatoms. The molecule has 0 saturated carbocycles. The number of aliphatic carboxylic acids is 1. The van der Waals surface area contributed by atoms with Gasteiger partial charge in [-0.1, -0.05) is 47.8 Å². The van der Waals surface area contributed by atoms with E-state index in [1.165, 1.54) is 35.0 Å². The number of carboxylic acid groups (broad SMARTS) is 1. The molecule has 60 heavy (non-hydrogen) atoms.